The van der Waals surface area contributed by atoms with Gasteiger partial charge in [-0.25, -0.2) is 14.6 Å². The molecule has 0 aliphatic rings. The van der Waals surface area contributed by atoms with Gasteiger partial charge in [-0.3, -0.25) is 9.59 Å². The molecule has 3 aromatic carbocycles. The largest absolute Gasteiger partial charge is 0.422 e. The number of benzene rings is 3. The highest BCUT2D eigenvalue weighted by molar-refractivity contribution is 9.10. The van der Waals surface area contributed by atoms with Crippen molar-refractivity contribution in [2.24, 2.45) is 5.10 Å². The SMILES string of the molecule is O=C(N/N=C/c1cc(Br)ccc1OC(=O)c1ccccc1)C(=O)Nc1ccc(F)cc1. The van der Waals surface area contributed by atoms with Gasteiger partial charge in [0.15, 0.2) is 0 Å². The minimum Gasteiger partial charge on any atom is -0.422 e. The number of carbonyl (C=O) groups excluding carboxylic acids is 3. The topological polar surface area (TPSA) is 96.9 Å². The van der Waals surface area contributed by atoms with Gasteiger partial charge in [-0.05, 0) is 54.6 Å². The minimum absolute atomic E-state index is 0.214. The fourth-order valence-corrected chi connectivity index (χ4v) is 2.76. The van der Waals surface area contributed by atoms with Crippen molar-refractivity contribution < 1.29 is 23.5 Å². The number of esters is 1. The molecule has 3 rings (SSSR count). The van der Waals surface area contributed by atoms with Gasteiger partial charge in [-0.2, -0.15) is 5.10 Å². The molecule has 3 aromatic rings. The van der Waals surface area contributed by atoms with E-state index in [9.17, 15) is 18.8 Å². The van der Waals surface area contributed by atoms with Crippen LogP contribution in [0.5, 0.6) is 5.75 Å². The van der Waals surface area contributed by atoms with E-state index < -0.39 is 23.6 Å². The number of nitrogens with one attached hydrogen (secondary N) is 2. The van der Waals surface area contributed by atoms with E-state index in [4.69, 9.17) is 4.74 Å². The number of anilines is 1. The van der Waals surface area contributed by atoms with Gasteiger partial charge in [-0.15, -0.1) is 0 Å². The van der Waals surface area contributed by atoms with Crippen molar-refractivity contribution >= 4 is 45.6 Å². The second-order valence-electron chi connectivity index (χ2n) is 6.10. The molecule has 0 fully saturated rings. The third-order valence-electron chi connectivity index (χ3n) is 3.86. The second-order valence-corrected chi connectivity index (χ2v) is 7.01. The number of carbonyl (C=O) groups is 3. The Balaban J connectivity index is 1.65. The summed E-state index contributed by atoms with van der Waals surface area (Å²) >= 11 is 3.31. The van der Waals surface area contributed by atoms with Crippen LogP contribution < -0.4 is 15.5 Å². The van der Waals surface area contributed by atoms with E-state index in [0.29, 0.717) is 15.6 Å². The molecule has 2 amide bonds. The van der Waals surface area contributed by atoms with Crippen LogP contribution in [0, 0.1) is 5.82 Å². The van der Waals surface area contributed by atoms with Crippen LogP contribution in [0.2, 0.25) is 0 Å². The van der Waals surface area contributed by atoms with Crippen LogP contribution in [0.15, 0.2) is 82.4 Å². The zero-order chi connectivity index (χ0) is 22.2. The summed E-state index contributed by atoms with van der Waals surface area (Å²) in [6.45, 7) is 0. The molecule has 7 nitrogen and oxygen atoms in total. The van der Waals surface area contributed by atoms with Gasteiger partial charge in [0.1, 0.15) is 11.6 Å². The Hall–Kier alpha value is -3.85. The van der Waals surface area contributed by atoms with Crippen molar-refractivity contribution in [2.45, 2.75) is 0 Å². The maximum Gasteiger partial charge on any atom is 0.343 e. The van der Waals surface area contributed by atoms with E-state index in [1.54, 1.807) is 48.5 Å². The van der Waals surface area contributed by atoms with Gasteiger partial charge in [0, 0.05) is 15.7 Å². The molecular weight excluding hydrogens is 469 g/mol. The number of hydrogen-bond donors (Lipinski definition) is 2. The van der Waals surface area contributed by atoms with E-state index >= 15 is 0 Å². The smallest absolute Gasteiger partial charge is 0.343 e. The van der Waals surface area contributed by atoms with E-state index in [1.165, 1.54) is 18.3 Å². The number of ether oxygens (including phenoxy) is 1. The van der Waals surface area contributed by atoms with Crippen LogP contribution in [-0.2, 0) is 9.59 Å². The minimum atomic E-state index is -1.03. The number of rotatable bonds is 5. The third kappa shape index (κ3) is 6.31. The van der Waals surface area contributed by atoms with Gasteiger partial charge >= 0.3 is 17.8 Å². The van der Waals surface area contributed by atoms with Crippen LogP contribution in [0.1, 0.15) is 15.9 Å². The highest BCUT2D eigenvalue weighted by Crippen LogP contribution is 2.23. The quantitative estimate of drug-likeness (QED) is 0.189. The monoisotopic (exact) mass is 483 g/mol. The number of halogens is 2. The van der Waals surface area contributed by atoms with Crippen molar-refractivity contribution in [1.29, 1.82) is 0 Å². The number of hydrazone groups is 1. The Morgan fingerprint density at radius 3 is 2.35 bits per heavy atom. The summed E-state index contributed by atoms with van der Waals surface area (Å²) in [5.41, 5.74) is 3.10. The Kier molecular flexibility index (Phi) is 7.23. The van der Waals surface area contributed by atoms with Crippen molar-refractivity contribution in [3.8, 4) is 5.75 Å². The fourth-order valence-electron chi connectivity index (χ4n) is 2.38. The van der Waals surface area contributed by atoms with E-state index in [0.717, 1.165) is 12.1 Å². The van der Waals surface area contributed by atoms with Crippen LogP contribution in [-0.4, -0.2) is 24.0 Å². The Morgan fingerprint density at radius 2 is 1.65 bits per heavy atom. The molecule has 31 heavy (non-hydrogen) atoms. The Bertz CT molecular complexity index is 1140. The van der Waals surface area contributed by atoms with Crippen LogP contribution >= 0.6 is 15.9 Å². The van der Waals surface area contributed by atoms with Gasteiger partial charge in [0.25, 0.3) is 0 Å². The molecule has 9 heteroatoms. The molecular formula is C22H15BrFN3O4. The zero-order valence-electron chi connectivity index (χ0n) is 15.8. The lowest BCUT2D eigenvalue weighted by Gasteiger charge is -2.08. The fraction of sp³-hybridized carbons (Fsp3) is 0. The second kappa shape index (κ2) is 10.3. The molecule has 0 saturated carbocycles. The summed E-state index contributed by atoms with van der Waals surface area (Å²) in [5, 5.41) is 6.06. The maximum atomic E-state index is 12.9. The third-order valence-corrected chi connectivity index (χ3v) is 4.36. The van der Waals surface area contributed by atoms with Crippen LogP contribution in [0.3, 0.4) is 0 Å². The molecule has 0 saturated heterocycles. The van der Waals surface area contributed by atoms with Gasteiger partial charge in [0.2, 0.25) is 0 Å². The molecule has 0 radical (unpaired) electrons. The van der Waals surface area contributed by atoms with Crippen molar-refractivity contribution in [2.75, 3.05) is 5.32 Å². The van der Waals surface area contributed by atoms with E-state index in [-0.39, 0.29) is 11.4 Å². The summed E-state index contributed by atoms with van der Waals surface area (Å²) in [6.07, 6.45) is 1.24. The normalized spacial score (nSPS) is 10.5. The number of amides is 2. The first kappa shape index (κ1) is 21.8. The van der Waals surface area contributed by atoms with Crippen molar-refractivity contribution in [1.82, 2.24) is 5.43 Å². The molecule has 0 unspecified atom stereocenters. The summed E-state index contributed by atoms with van der Waals surface area (Å²) in [4.78, 5) is 36.1. The maximum absolute atomic E-state index is 12.9. The lowest BCUT2D eigenvalue weighted by molar-refractivity contribution is -0.136. The Labute approximate surface area is 185 Å². The highest BCUT2D eigenvalue weighted by Gasteiger charge is 2.14. The lowest BCUT2D eigenvalue weighted by atomic mass is 10.2. The van der Waals surface area contributed by atoms with Gasteiger partial charge in [0.05, 0.1) is 11.8 Å². The first-order valence-electron chi connectivity index (χ1n) is 8.89. The Morgan fingerprint density at radius 1 is 0.935 bits per heavy atom. The summed E-state index contributed by atoms with van der Waals surface area (Å²) in [6, 6.07) is 18.3. The summed E-state index contributed by atoms with van der Waals surface area (Å²) in [5.74, 6) is -2.82. The molecule has 0 bridgehead atoms. The average molecular weight is 484 g/mol. The molecule has 0 heterocycles. The van der Waals surface area contributed by atoms with E-state index in [2.05, 4.69) is 31.8 Å². The molecule has 0 spiro atoms. The summed E-state index contributed by atoms with van der Waals surface area (Å²) < 4.78 is 19.0. The van der Waals surface area contributed by atoms with Crippen molar-refractivity contribution in [3.63, 3.8) is 0 Å². The zero-order valence-corrected chi connectivity index (χ0v) is 17.4. The molecule has 0 aliphatic heterocycles. The van der Waals surface area contributed by atoms with Crippen molar-refractivity contribution in [3.05, 3.63) is 94.2 Å². The standard InChI is InChI=1S/C22H15BrFN3O4/c23-16-6-11-19(31-22(30)14-4-2-1-3-5-14)15(12-16)13-25-27-21(29)20(28)26-18-9-7-17(24)8-10-18/h1-13H,(H,26,28)(H,27,29)/b25-13+. The van der Waals surface area contributed by atoms with Gasteiger partial charge in [-0.1, -0.05) is 34.1 Å². The van der Waals surface area contributed by atoms with Crippen LogP contribution in [0.25, 0.3) is 0 Å². The number of nitrogens with zero attached hydrogens (tertiary/aromatic N) is 1. The number of hydrogen-bond acceptors (Lipinski definition) is 5. The van der Waals surface area contributed by atoms with E-state index in [1.807, 2.05) is 0 Å². The molecule has 0 aromatic heterocycles. The summed E-state index contributed by atoms with van der Waals surface area (Å²) in [7, 11) is 0. The predicted octanol–water partition coefficient (Wildman–Crippen LogP) is 3.90. The first-order chi connectivity index (χ1) is 14.9. The first-order valence-corrected chi connectivity index (χ1v) is 9.68. The average Bonchev–Trinajstić information content (AvgIpc) is 2.77. The molecule has 2 N–H and O–H groups in total. The van der Waals surface area contributed by atoms with Crippen LogP contribution in [0.4, 0.5) is 10.1 Å². The predicted molar refractivity (Wildman–Crippen MR) is 116 cm³/mol. The highest BCUT2D eigenvalue weighted by atomic mass is 79.9. The molecule has 156 valence electrons. The van der Waals surface area contributed by atoms with Gasteiger partial charge < -0.3 is 10.1 Å². The molecule has 0 atom stereocenters. The molecule has 0 aliphatic carbocycles. The lowest BCUT2D eigenvalue weighted by Crippen LogP contribution is -2.32.